The first-order valence-corrected chi connectivity index (χ1v) is 27.2. The van der Waals surface area contributed by atoms with Gasteiger partial charge in [0, 0.05) is 12.8 Å². The van der Waals surface area contributed by atoms with Gasteiger partial charge < -0.3 is 64.2 Å². The Labute approximate surface area is 420 Å². The monoisotopic (exact) mass is 997 g/mol. The lowest BCUT2D eigenvalue weighted by atomic mass is 9.98. The van der Waals surface area contributed by atoms with E-state index in [1.54, 1.807) is 0 Å². The molecule has 2 heterocycles. The van der Waals surface area contributed by atoms with Gasteiger partial charge in [0.1, 0.15) is 55.4 Å². The fourth-order valence-corrected chi connectivity index (χ4v) is 8.38. The van der Waals surface area contributed by atoms with E-state index in [-0.39, 0.29) is 19.4 Å². The van der Waals surface area contributed by atoms with Gasteiger partial charge >= 0.3 is 11.9 Å². The van der Waals surface area contributed by atoms with Crippen molar-refractivity contribution in [1.82, 2.24) is 0 Å². The molecule has 4 unspecified atom stereocenters. The van der Waals surface area contributed by atoms with Crippen LogP contribution in [0.3, 0.4) is 0 Å². The average molecular weight is 997 g/mol. The Morgan fingerprint density at radius 2 is 0.900 bits per heavy atom. The minimum absolute atomic E-state index is 0.113. The van der Waals surface area contributed by atoms with Crippen molar-refractivity contribution in [2.45, 2.75) is 261 Å². The molecule has 15 heteroatoms. The van der Waals surface area contributed by atoms with Crippen LogP contribution in [0, 0.1) is 0 Å². The zero-order valence-corrected chi connectivity index (χ0v) is 43.0. The van der Waals surface area contributed by atoms with Crippen molar-refractivity contribution < 1.29 is 73.8 Å². The predicted octanol–water partition coefficient (Wildman–Crippen LogP) is 8.27. The predicted molar refractivity (Wildman–Crippen MR) is 270 cm³/mol. The number of allylic oxidation sites excluding steroid dienone is 8. The molecule has 406 valence electrons. The van der Waals surface area contributed by atoms with Crippen LogP contribution in [0.4, 0.5) is 0 Å². The highest BCUT2D eigenvalue weighted by molar-refractivity contribution is 5.70. The number of carbonyl (C=O) groups is 2. The van der Waals surface area contributed by atoms with Crippen molar-refractivity contribution in [2.75, 3.05) is 26.4 Å². The summed E-state index contributed by atoms with van der Waals surface area (Å²) in [4.78, 5) is 25.8. The number of unbranched alkanes of at least 4 members (excludes halogenated alkanes) is 20. The Kier molecular flexibility index (Phi) is 38.0. The molecule has 70 heavy (non-hydrogen) atoms. The van der Waals surface area contributed by atoms with E-state index in [0.717, 1.165) is 57.8 Å². The summed E-state index contributed by atoms with van der Waals surface area (Å²) >= 11 is 0. The van der Waals surface area contributed by atoms with E-state index in [1.807, 2.05) is 0 Å². The first-order chi connectivity index (χ1) is 34.0. The van der Waals surface area contributed by atoms with Crippen molar-refractivity contribution in [1.29, 1.82) is 0 Å². The maximum atomic E-state index is 13.0. The molecule has 0 amide bonds. The largest absolute Gasteiger partial charge is 0.462 e. The average Bonchev–Trinajstić information content (AvgIpc) is 3.35. The van der Waals surface area contributed by atoms with E-state index < -0.39 is 99.3 Å². The number of carbonyl (C=O) groups excluding carboxylic acids is 2. The van der Waals surface area contributed by atoms with Crippen LogP contribution in [0.1, 0.15) is 194 Å². The van der Waals surface area contributed by atoms with E-state index in [1.165, 1.54) is 96.3 Å². The minimum Gasteiger partial charge on any atom is -0.462 e. The highest BCUT2D eigenvalue weighted by atomic mass is 16.7. The number of aliphatic hydroxyl groups excluding tert-OH is 7. The van der Waals surface area contributed by atoms with Crippen LogP contribution >= 0.6 is 0 Å². The Balaban J connectivity index is 1.79. The molecule has 2 rings (SSSR count). The van der Waals surface area contributed by atoms with Crippen LogP contribution in [0.25, 0.3) is 0 Å². The van der Waals surface area contributed by atoms with Crippen LogP contribution in [-0.2, 0) is 38.0 Å². The van der Waals surface area contributed by atoms with Gasteiger partial charge in [0.15, 0.2) is 18.7 Å². The Bertz CT molecular complexity index is 1400. The first kappa shape index (κ1) is 63.6. The quantitative estimate of drug-likeness (QED) is 0.0173. The second kappa shape index (κ2) is 41.9. The van der Waals surface area contributed by atoms with Crippen molar-refractivity contribution in [3.8, 4) is 0 Å². The molecule has 0 radical (unpaired) electrons. The van der Waals surface area contributed by atoms with Crippen molar-refractivity contribution in [3.63, 3.8) is 0 Å². The molecule has 15 nitrogen and oxygen atoms in total. The zero-order chi connectivity index (χ0) is 51.0. The summed E-state index contributed by atoms with van der Waals surface area (Å²) in [7, 11) is 0. The van der Waals surface area contributed by atoms with Crippen LogP contribution in [0.2, 0.25) is 0 Å². The molecule has 2 saturated heterocycles. The van der Waals surface area contributed by atoms with Gasteiger partial charge in [0.25, 0.3) is 0 Å². The Morgan fingerprint density at radius 1 is 0.471 bits per heavy atom. The summed E-state index contributed by atoms with van der Waals surface area (Å²) in [6.07, 6.45) is 30.0. The summed E-state index contributed by atoms with van der Waals surface area (Å²) in [5.74, 6) is -0.969. The summed E-state index contributed by atoms with van der Waals surface area (Å²) in [6, 6.07) is 0. The molecule has 0 aromatic rings. The number of ether oxygens (including phenoxy) is 6. The summed E-state index contributed by atoms with van der Waals surface area (Å²) in [6.45, 7) is 2.45. The molecule has 2 aliphatic rings. The molecule has 2 aliphatic heterocycles. The molecular formula is C55H96O15. The number of aliphatic hydroxyl groups is 7. The minimum atomic E-state index is -1.77. The van der Waals surface area contributed by atoms with E-state index in [9.17, 15) is 45.3 Å². The van der Waals surface area contributed by atoms with Crippen molar-refractivity contribution >= 4 is 11.9 Å². The van der Waals surface area contributed by atoms with Gasteiger partial charge in [-0.25, -0.2) is 0 Å². The first-order valence-electron chi connectivity index (χ1n) is 27.2. The molecule has 0 bridgehead atoms. The lowest BCUT2D eigenvalue weighted by molar-refractivity contribution is -0.332. The number of esters is 2. The fourth-order valence-electron chi connectivity index (χ4n) is 8.38. The zero-order valence-electron chi connectivity index (χ0n) is 43.0. The Morgan fingerprint density at radius 3 is 1.41 bits per heavy atom. The van der Waals surface area contributed by atoms with Gasteiger partial charge in [-0.2, -0.15) is 0 Å². The third kappa shape index (κ3) is 29.2. The molecule has 0 aromatic carbocycles. The smallest absolute Gasteiger partial charge is 0.306 e. The van der Waals surface area contributed by atoms with Gasteiger partial charge in [-0.15, -0.1) is 0 Å². The van der Waals surface area contributed by atoms with Gasteiger partial charge in [-0.05, 0) is 51.4 Å². The van der Waals surface area contributed by atoms with Crippen LogP contribution in [0.5, 0.6) is 0 Å². The number of rotatable bonds is 42. The Hall–Kier alpha value is -2.54. The van der Waals surface area contributed by atoms with Crippen LogP contribution < -0.4 is 0 Å². The maximum absolute atomic E-state index is 13.0. The summed E-state index contributed by atoms with van der Waals surface area (Å²) in [5.41, 5.74) is 0. The van der Waals surface area contributed by atoms with E-state index in [0.29, 0.717) is 12.8 Å². The lowest BCUT2D eigenvalue weighted by Gasteiger charge is -2.42. The maximum Gasteiger partial charge on any atom is 0.306 e. The van der Waals surface area contributed by atoms with E-state index in [2.05, 4.69) is 62.5 Å². The van der Waals surface area contributed by atoms with Crippen molar-refractivity contribution in [2.24, 2.45) is 0 Å². The van der Waals surface area contributed by atoms with Gasteiger partial charge in [-0.1, -0.05) is 178 Å². The standard InChI is InChI=1S/C55H96O15/c1-3-5-7-9-11-13-15-17-19-20-21-22-24-25-27-29-31-33-35-37-46(57)65-40-43(68-47(58)38-36-34-32-30-28-26-23-18-16-14-12-10-8-6-4-2)41-66-54-53(64)51(62)49(60)45(70-54)42-67-55-52(63)50(61)48(59)44(39-56)69-55/h6,8,12,14,18,23,28,30,43-45,48-56,59-64H,3-5,7,9-11,13,15-17,19-22,24-27,29,31-42H2,1-2H3/b8-6+,14-12+,23-18+,30-28+/t43-,44+,45+,48-,49-,50?,51?,52?,53?,54+,55+/m0/s1. The molecule has 0 spiro atoms. The SMILES string of the molecule is CC/C=C/C/C=C/C/C=C/C/C=C/CCCCC(=O)O[C@@H](COC(=O)CCCCCCCCCCCCCCCCCCCCC)CO[C@@H]1O[C@H](CO[C@@H]2O[C@H](CO)[C@H](O)C(O)C2O)[C@H](O)C(O)C1O. The van der Waals surface area contributed by atoms with Crippen LogP contribution in [-0.4, -0.2) is 142 Å². The summed E-state index contributed by atoms with van der Waals surface area (Å²) in [5, 5.41) is 72.1. The highest BCUT2D eigenvalue weighted by Gasteiger charge is 2.47. The number of hydrogen-bond donors (Lipinski definition) is 7. The normalized spacial score (nSPS) is 25.7. The topological polar surface area (TPSA) is 231 Å². The third-order valence-electron chi connectivity index (χ3n) is 12.8. The second-order valence-electron chi connectivity index (χ2n) is 19.0. The van der Waals surface area contributed by atoms with Gasteiger partial charge in [-0.3, -0.25) is 9.59 Å². The highest BCUT2D eigenvalue weighted by Crippen LogP contribution is 2.26. The fraction of sp³-hybridized carbons (Fsp3) is 0.818. The molecule has 0 aromatic heterocycles. The molecule has 0 aliphatic carbocycles. The number of hydrogen-bond acceptors (Lipinski definition) is 15. The van der Waals surface area contributed by atoms with Crippen LogP contribution in [0.15, 0.2) is 48.6 Å². The molecule has 11 atom stereocenters. The lowest BCUT2D eigenvalue weighted by Crippen LogP contribution is -2.61. The van der Waals surface area contributed by atoms with Gasteiger partial charge in [0.05, 0.1) is 19.8 Å². The molecule has 0 saturated carbocycles. The summed E-state index contributed by atoms with van der Waals surface area (Å²) < 4.78 is 33.6. The molecular weight excluding hydrogens is 901 g/mol. The molecule has 7 N–H and O–H groups in total. The van der Waals surface area contributed by atoms with E-state index >= 15 is 0 Å². The van der Waals surface area contributed by atoms with Gasteiger partial charge in [0.2, 0.25) is 0 Å². The third-order valence-corrected chi connectivity index (χ3v) is 12.8. The molecule has 2 fully saturated rings. The van der Waals surface area contributed by atoms with Crippen molar-refractivity contribution in [3.05, 3.63) is 48.6 Å². The second-order valence-corrected chi connectivity index (χ2v) is 19.0. The van der Waals surface area contributed by atoms with E-state index in [4.69, 9.17) is 28.4 Å².